The Morgan fingerprint density at radius 3 is 2.37 bits per heavy atom. The fourth-order valence-corrected chi connectivity index (χ4v) is 5.93. The standard InChI is InChI=1S/C32H38F2N4O5/c1-5-26-27(28(22-12-13-24(33)25(34)20-22)38(30(40)36-26)31(41)43-4)29(39)35-16-9-17-37-18-14-32(15-19-37,21(2)42-3)23-10-7-6-8-11-23/h6-8,10-13,20,28H,2,5,9,14-19H2,1,3-4H3,(H,35,39)(H,36,40). The Labute approximate surface area is 250 Å². The fourth-order valence-electron chi connectivity index (χ4n) is 5.93. The van der Waals surface area contributed by atoms with E-state index in [0.29, 0.717) is 17.9 Å². The zero-order valence-electron chi connectivity index (χ0n) is 24.8. The van der Waals surface area contributed by atoms with Gasteiger partial charge in [-0.2, -0.15) is 0 Å². The van der Waals surface area contributed by atoms with E-state index in [1.807, 2.05) is 18.2 Å². The number of ether oxygens (including phenoxy) is 2. The van der Waals surface area contributed by atoms with E-state index < -0.39 is 35.7 Å². The Hall–Kier alpha value is -4.25. The highest BCUT2D eigenvalue weighted by Gasteiger charge is 2.43. The van der Waals surface area contributed by atoms with Gasteiger partial charge in [0.1, 0.15) is 6.04 Å². The van der Waals surface area contributed by atoms with E-state index in [-0.39, 0.29) is 28.7 Å². The molecule has 0 bridgehead atoms. The van der Waals surface area contributed by atoms with Crippen LogP contribution in [0.4, 0.5) is 18.4 Å². The van der Waals surface area contributed by atoms with Crippen LogP contribution in [0, 0.1) is 11.6 Å². The number of hydrogen-bond acceptors (Lipinski definition) is 6. The van der Waals surface area contributed by atoms with Crippen LogP contribution in [0.15, 0.2) is 72.1 Å². The number of carbonyl (C=O) groups excluding carboxylic acids is 3. The van der Waals surface area contributed by atoms with Crippen LogP contribution in [0.2, 0.25) is 0 Å². The molecule has 4 rings (SSSR count). The van der Waals surface area contributed by atoms with E-state index >= 15 is 0 Å². The Morgan fingerprint density at radius 1 is 1.07 bits per heavy atom. The summed E-state index contributed by atoms with van der Waals surface area (Å²) in [6.45, 7) is 8.65. The highest BCUT2D eigenvalue weighted by Crippen LogP contribution is 2.41. The van der Waals surface area contributed by atoms with E-state index in [9.17, 15) is 23.2 Å². The number of amides is 4. The number of imide groups is 1. The Balaban J connectivity index is 1.44. The molecule has 2 N–H and O–H groups in total. The van der Waals surface area contributed by atoms with Gasteiger partial charge in [-0.15, -0.1) is 0 Å². The summed E-state index contributed by atoms with van der Waals surface area (Å²) in [5.74, 6) is -2.04. The summed E-state index contributed by atoms with van der Waals surface area (Å²) in [5.41, 5.74) is 1.33. The molecule has 43 heavy (non-hydrogen) atoms. The predicted molar refractivity (Wildman–Crippen MR) is 157 cm³/mol. The lowest BCUT2D eigenvalue weighted by Crippen LogP contribution is -2.52. The molecule has 1 saturated heterocycles. The van der Waals surface area contributed by atoms with Crippen molar-refractivity contribution in [2.24, 2.45) is 0 Å². The molecule has 1 fully saturated rings. The second-order valence-corrected chi connectivity index (χ2v) is 10.6. The normalized spacial score (nSPS) is 18.6. The Morgan fingerprint density at radius 2 is 1.77 bits per heavy atom. The SMILES string of the molecule is C=C(OC)C1(c2ccccc2)CCN(CCCNC(=O)C2=C(CC)NC(=O)N(C(=O)OC)C2c2ccc(F)c(F)c2)CC1. The largest absolute Gasteiger partial charge is 0.501 e. The van der Waals surface area contributed by atoms with E-state index in [1.54, 1.807) is 14.0 Å². The minimum absolute atomic E-state index is 0.0576. The zero-order valence-corrected chi connectivity index (χ0v) is 24.8. The van der Waals surface area contributed by atoms with Gasteiger partial charge in [0.25, 0.3) is 5.91 Å². The molecule has 1 atom stereocenters. The minimum atomic E-state index is -1.31. The lowest BCUT2D eigenvalue weighted by Gasteiger charge is -2.42. The molecular formula is C32H38F2N4O5. The Kier molecular flexibility index (Phi) is 10.2. The zero-order chi connectivity index (χ0) is 31.1. The molecule has 0 saturated carbocycles. The average Bonchev–Trinajstić information content (AvgIpc) is 3.03. The van der Waals surface area contributed by atoms with Crippen molar-refractivity contribution in [1.82, 2.24) is 20.4 Å². The van der Waals surface area contributed by atoms with Gasteiger partial charge in [0, 0.05) is 12.2 Å². The third-order valence-electron chi connectivity index (χ3n) is 8.32. The molecular weight excluding hydrogens is 558 g/mol. The second-order valence-electron chi connectivity index (χ2n) is 10.6. The molecule has 2 aliphatic rings. The van der Waals surface area contributed by atoms with Gasteiger partial charge in [-0.25, -0.2) is 23.3 Å². The van der Waals surface area contributed by atoms with Gasteiger partial charge in [0.05, 0.1) is 31.0 Å². The summed E-state index contributed by atoms with van der Waals surface area (Å²) in [6, 6.07) is 11.1. The molecule has 2 aliphatic heterocycles. The third kappa shape index (κ3) is 6.56. The van der Waals surface area contributed by atoms with Gasteiger partial charge in [-0.05, 0) is 68.6 Å². The molecule has 1 unspecified atom stereocenters. The van der Waals surface area contributed by atoms with E-state index in [0.717, 1.165) is 57.5 Å². The third-order valence-corrected chi connectivity index (χ3v) is 8.32. The number of nitrogens with one attached hydrogen (secondary N) is 2. The summed E-state index contributed by atoms with van der Waals surface area (Å²) < 4.78 is 38.4. The first-order valence-corrected chi connectivity index (χ1v) is 14.3. The predicted octanol–water partition coefficient (Wildman–Crippen LogP) is 5.16. The van der Waals surface area contributed by atoms with E-state index in [1.165, 1.54) is 11.6 Å². The van der Waals surface area contributed by atoms with Crippen LogP contribution in [0.1, 0.15) is 49.8 Å². The lowest BCUT2D eigenvalue weighted by molar-refractivity contribution is -0.118. The van der Waals surface area contributed by atoms with Crippen LogP contribution in [-0.4, -0.2) is 68.2 Å². The van der Waals surface area contributed by atoms with Crippen molar-refractivity contribution in [1.29, 1.82) is 0 Å². The maximum Gasteiger partial charge on any atom is 0.418 e. The number of likely N-dealkylation sites (tertiary alicyclic amines) is 1. The topological polar surface area (TPSA) is 100 Å². The first-order valence-electron chi connectivity index (χ1n) is 14.3. The summed E-state index contributed by atoms with van der Waals surface area (Å²) >= 11 is 0. The van der Waals surface area contributed by atoms with Gasteiger partial charge in [-0.1, -0.05) is 49.9 Å². The van der Waals surface area contributed by atoms with Gasteiger partial charge in [0.2, 0.25) is 0 Å². The molecule has 11 heteroatoms. The van der Waals surface area contributed by atoms with E-state index in [2.05, 4.69) is 34.2 Å². The maximum atomic E-state index is 14.2. The second kappa shape index (κ2) is 13.8. The minimum Gasteiger partial charge on any atom is -0.501 e. The number of methoxy groups -OCH3 is 2. The molecule has 2 aromatic carbocycles. The van der Waals surface area contributed by atoms with Crippen LogP contribution in [0.5, 0.6) is 0 Å². The van der Waals surface area contributed by atoms with Crippen molar-refractivity contribution >= 4 is 18.0 Å². The summed E-state index contributed by atoms with van der Waals surface area (Å²) in [4.78, 5) is 42.1. The number of urea groups is 1. The van der Waals surface area contributed by atoms with Gasteiger partial charge >= 0.3 is 12.1 Å². The molecule has 2 heterocycles. The fraction of sp³-hybridized carbons (Fsp3) is 0.406. The molecule has 2 aromatic rings. The van der Waals surface area contributed by atoms with Crippen LogP contribution in [0.3, 0.4) is 0 Å². The number of rotatable bonds is 10. The summed E-state index contributed by atoms with van der Waals surface area (Å²) in [7, 11) is 2.74. The van der Waals surface area contributed by atoms with Gasteiger partial charge in [-0.3, -0.25) is 4.79 Å². The van der Waals surface area contributed by atoms with Crippen LogP contribution in [0.25, 0.3) is 0 Å². The van der Waals surface area contributed by atoms with Crippen LogP contribution in [-0.2, 0) is 19.7 Å². The lowest BCUT2D eigenvalue weighted by atomic mass is 9.71. The van der Waals surface area contributed by atoms with Gasteiger partial charge in [0.15, 0.2) is 11.6 Å². The molecule has 4 amide bonds. The monoisotopic (exact) mass is 596 g/mol. The van der Waals surface area contributed by atoms with Crippen molar-refractivity contribution in [3.63, 3.8) is 0 Å². The average molecular weight is 597 g/mol. The number of allylic oxidation sites excluding steroid dienone is 2. The number of hydrogen-bond donors (Lipinski definition) is 2. The van der Waals surface area contributed by atoms with Crippen LogP contribution < -0.4 is 10.6 Å². The Bertz CT molecular complexity index is 1390. The van der Waals surface area contributed by atoms with Crippen molar-refractivity contribution in [2.45, 2.75) is 44.1 Å². The summed E-state index contributed by atoms with van der Waals surface area (Å²) in [6.07, 6.45) is 1.56. The number of nitrogens with zero attached hydrogens (tertiary/aromatic N) is 2. The first-order chi connectivity index (χ1) is 20.7. The summed E-state index contributed by atoms with van der Waals surface area (Å²) in [5, 5.41) is 5.47. The molecule has 0 radical (unpaired) electrons. The molecule has 230 valence electrons. The quantitative estimate of drug-likeness (QED) is 0.290. The maximum absolute atomic E-state index is 14.2. The molecule has 0 aliphatic carbocycles. The number of carbonyl (C=O) groups is 3. The molecule has 9 nitrogen and oxygen atoms in total. The van der Waals surface area contributed by atoms with Crippen molar-refractivity contribution in [2.75, 3.05) is 40.4 Å². The van der Waals surface area contributed by atoms with Gasteiger partial charge < -0.3 is 25.0 Å². The molecule has 0 spiro atoms. The number of benzene rings is 2. The van der Waals surface area contributed by atoms with E-state index in [4.69, 9.17) is 9.47 Å². The number of halogens is 2. The smallest absolute Gasteiger partial charge is 0.418 e. The molecule has 0 aromatic heterocycles. The van der Waals surface area contributed by atoms with Crippen molar-refractivity contribution in [3.05, 3.63) is 94.9 Å². The van der Waals surface area contributed by atoms with Crippen molar-refractivity contribution in [3.8, 4) is 0 Å². The van der Waals surface area contributed by atoms with Crippen molar-refractivity contribution < 1.29 is 32.6 Å². The highest BCUT2D eigenvalue weighted by atomic mass is 19.2. The first kappa shape index (κ1) is 31.7. The van der Waals surface area contributed by atoms with Crippen LogP contribution >= 0.6 is 0 Å². The number of piperidine rings is 1. The highest BCUT2D eigenvalue weighted by molar-refractivity contribution is 6.02.